The molecule has 6 heteroatoms. The van der Waals surface area contributed by atoms with Crippen LogP contribution in [0.25, 0.3) is 22.8 Å². The van der Waals surface area contributed by atoms with Crippen LogP contribution in [0.5, 0.6) is 11.5 Å². The molecule has 1 aromatic heterocycles. The van der Waals surface area contributed by atoms with E-state index in [-0.39, 0.29) is 17.4 Å². The van der Waals surface area contributed by atoms with Crippen LogP contribution in [0.3, 0.4) is 0 Å². The Morgan fingerprint density at radius 3 is 2.45 bits per heavy atom. The van der Waals surface area contributed by atoms with E-state index in [1.165, 1.54) is 18.2 Å². The third kappa shape index (κ3) is 2.31. The second-order valence-electron chi connectivity index (χ2n) is 4.13. The zero-order valence-corrected chi connectivity index (χ0v) is 10.9. The molecule has 2 aromatic carbocycles. The number of nitrogens with zero attached hydrogens (tertiary/aromatic N) is 2. The lowest BCUT2D eigenvalue weighted by Gasteiger charge is -1.98. The second kappa shape index (κ2) is 4.86. The molecule has 3 rings (SSSR count). The van der Waals surface area contributed by atoms with Gasteiger partial charge in [-0.1, -0.05) is 16.8 Å². The second-order valence-corrected chi connectivity index (χ2v) is 4.57. The van der Waals surface area contributed by atoms with Gasteiger partial charge in [0.2, 0.25) is 5.82 Å². The van der Waals surface area contributed by atoms with E-state index in [9.17, 15) is 10.2 Å². The molecular formula is C14H9ClN2O3. The van der Waals surface area contributed by atoms with Crippen LogP contribution in [0.4, 0.5) is 0 Å². The summed E-state index contributed by atoms with van der Waals surface area (Å²) in [6.07, 6.45) is 0. The predicted molar refractivity (Wildman–Crippen MR) is 73.5 cm³/mol. The van der Waals surface area contributed by atoms with Gasteiger partial charge >= 0.3 is 0 Å². The van der Waals surface area contributed by atoms with Gasteiger partial charge in [-0.15, -0.1) is 0 Å². The number of phenols is 2. The third-order valence-electron chi connectivity index (χ3n) is 2.74. The average molecular weight is 289 g/mol. The van der Waals surface area contributed by atoms with Gasteiger partial charge in [0.05, 0.1) is 5.56 Å². The molecule has 0 atom stereocenters. The fourth-order valence-electron chi connectivity index (χ4n) is 1.75. The Labute approximate surface area is 119 Å². The minimum absolute atomic E-state index is 0.0293. The van der Waals surface area contributed by atoms with Crippen molar-refractivity contribution in [2.75, 3.05) is 0 Å². The monoisotopic (exact) mass is 288 g/mol. The number of phenolic OH excluding ortho intramolecular Hbond substituents is 2. The highest BCUT2D eigenvalue weighted by Crippen LogP contribution is 2.31. The fourth-order valence-corrected chi connectivity index (χ4v) is 1.91. The summed E-state index contributed by atoms with van der Waals surface area (Å²) in [5.74, 6) is 0.697. The maximum Gasteiger partial charge on any atom is 0.261 e. The summed E-state index contributed by atoms with van der Waals surface area (Å²) in [7, 11) is 0. The molecule has 0 radical (unpaired) electrons. The van der Waals surface area contributed by atoms with Crippen LogP contribution >= 0.6 is 11.6 Å². The first-order valence-electron chi connectivity index (χ1n) is 5.75. The molecule has 100 valence electrons. The highest BCUT2D eigenvalue weighted by atomic mass is 35.5. The first kappa shape index (κ1) is 12.5. The number of aromatic hydroxyl groups is 2. The molecule has 0 aliphatic carbocycles. The molecular weight excluding hydrogens is 280 g/mol. The van der Waals surface area contributed by atoms with Crippen LogP contribution in [0.15, 0.2) is 47.0 Å². The highest BCUT2D eigenvalue weighted by molar-refractivity contribution is 6.30. The normalized spacial score (nSPS) is 10.7. The topological polar surface area (TPSA) is 79.4 Å². The van der Waals surface area contributed by atoms with Crippen molar-refractivity contribution in [2.24, 2.45) is 0 Å². The summed E-state index contributed by atoms with van der Waals surface area (Å²) in [5.41, 5.74) is 1.11. The van der Waals surface area contributed by atoms with Gasteiger partial charge in [-0.2, -0.15) is 4.98 Å². The van der Waals surface area contributed by atoms with Gasteiger partial charge in [0, 0.05) is 10.6 Å². The van der Waals surface area contributed by atoms with Crippen molar-refractivity contribution in [1.29, 1.82) is 0 Å². The van der Waals surface area contributed by atoms with Crippen molar-refractivity contribution in [3.05, 3.63) is 47.5 Å². The van der Waals surface area contributed by atoms with Crippen LogP contribution in [0.2, 0.25) is 5.02 Å². The molecule has 0 saturated heterocycles. The van der Waals surface area contributed by atoms with Gasteiger partial charge in [-0.3, -0.25) is 0 Å². The predicted octanol–water partition coefficient (Wildman–Crippen LogP) is 3.47. The smallest absolute Gasteiger partial charge is 0.261 e. The minimum atomic E-state index is -0.0293. The standard InChI is InChI=1S/C14H9ClN2O3/c15-9-3-6-11(12(19)7-9)14-16-13(17-20-14)8-1-4-10(18)5-2-8/h1-7,18-19H. The zero-order chi connectivity index (χ0) is 14.1. The van der Waals surface area contributed by atoms with Crippen molar-refractivity contribution in [3.63, 3.8) is 0 Å². The van der Waals surface area contributed by atoms with E-state index in [4.69, 9.17) is 16.1 Å². The molecule has 0 unspecified atom stereocenters. The lowest BCUT2D eigenvalue weighted by atomic mass is 10.2. The number of hydrogen-bond donors (Lipinski definition) is 2. The molecule has 5 nitrogen and oxygen atoms in total. The number of halogens is 1. The van der Waals surface area contributed by atoms with Crippen molar-refractivity contribution >= 4 is 11.6 Å². The Morgan fingerprint density at radius 1 is 1.00 bits per heavy atom. The number of benzene rings is 2. The van der Waals surface area contributed by atoms with Crippen molar-refractivity contribution in [2.45, 2.75) is 0 Å². The van der Waals surface area contributed by atoms with E-state index in [1.807, 2.05) is 0 Å². The van der Waals surface area contributed by atoms with Gasteiger partial charge in [-0.05, 0) is 42.5 Å². The molecule has 3 aromatic rings. The van der Waals surface area contributed by atoms with Crippen LogP contribution in [0, 0.1) is 0 Å². The van der Waals surface area contributed by atoms with Gasteiger partial charge < -0.3 is 14.7 Å². The molecule has 0 fully saturated rings. The minimum Gasteiger partial charge on any atom is -0.508 e. The quantitative estimate of drug-likeness (QED) is 0.755. The lowest BCUT2D eigenvalue weighted by Crippen LogP contribution is -1.81. The fraction of sp³-hybridized carbons (Fsp3) is 0. The molecule has 0 aliphatic heterocycles. The molecule has 0 saturated carbocycles. The molecule has 0 bridgehead atoms. The van der Waals surface area contributed by atoms with Crippen molar-refractivity contribution in [3.8, 4) is 34.3 Å². The van der Waals surface area contributed by atoms with Crippen LogP contribution in [0.1, 0.15) is 0 Å². The van der Waals surface area contributed by atoms with E-state index in [1.54, 1.807) is 24.3 Å². The lowest BCUT2D eigenvalue weighted by molar-refractivity contribution is 0.425. The van der Waals surface area contributed by atoms with Gasteiger partial charge in [-0.25, -0.2) is 0 Å². The highest BCUT2D eigenvalue weighted by Gasteiger charge is 2.14. The van der Waals surface area contributed by atoms with Gasteiger partial charge in [0.1, 0.15) is 11.5 Å². The summed E-state index contributed by atoms with van der Waals surface area (Å²) >= 11 is 5.77. The van der Waals surface area contributed by atoms with E-state index in [0.29, 0.717) is 22.0 Å². The Kier molecular flexibility index (Phi) is 3.04. The van der Waals surface area contributed by atoms with Crippen LogP contribution in [-0.4, -0.2) is 20.4 Å². The molecule has 0 amide bonds. The van der Waals surface area contributed by atoms with E-state index in [2.05, 4.69) is 10.1 Å². The maximum absolute atomic E-state index is 9.82. The Hall–Kier alpha value is -2.53. The summed E-state index contributed by atoms with van der Waals surface area (Å²) in [4.78, 5) is 4.21. The van der Waals surface area contributed by atoms with Crippen molar-refractivity contribution < 1.29 is 14.7 Å². The summed E-state index contributed by atoms with van der Waals surface area (Å²) < 4.78 is 5.13. The molecule has 0 aliphatic rings. The SMILES string of the molecule is Oc1ccc(-c2noc(-c3ccc(Cl)cc3O)n2)cc1. The third-order valence-corrected chi connectivity index (χ3v) is 2.98. The zero-order valence-electron chi connectivity index (χ0n) is 10.1. The summed E-state index contributed by atoms with van der Waals surface area (Å²) in [6, 6.07) is 11.0. The first-order chi connectivity index (χ1) is 9.63. The number of hydrogen-bond acceptors (Lipinski definition) is 5. The largest absolute Gasteiger partial charge is 0.508 e. The van der Waals surface area contributed by atoms with Gasteiger partial charge in [0.25, 0.3) is 5.89 Å². The Balaban J connectivity index is 1.99. The van der Waals surface area contributed by atoms with Crippen molar-refractivity contribution in [1.82, 2.24) is 10.1 Å². The molecule has 1 heterocycles. The van der Waals surface area contributed by atoms with Crippen LogP contribution < -0.4 is 0 Å². The molecule has 20 heavy (non-hydrogen) atoms. The number of rotatable bonds is 2. The van der Waals surface area contributed by atoms with E-state index in [0.717, 1.165) is 0 Å². The Morgan fingerprint density at radius 2 is 1.75 bits per heavy atom. The number of aromatic nitrogens is 2. The summed E-state index contributed by atoms with van der Waals surface area (Å²) in [5, 5.41) is 23.3. The average Bonchev–Trinajstić information content (AvgIpc) is 2.89. The van der Waals surface area contributed by atoms with Crippen LogP contribution in [-0.2, 0) is 0 Å². The molecule has 2 N–H and O–H groups in total. The summed E-state index contributed by atoms with van der Waals surface area (Å²) in [6.45, 7) is 0. The van der Waals surface area contributed by atoms with Gasteiger partial charge in [0.15, 0.2) is 0 Å². The molecule has 0 spiro atoms. The maximum atomic E-state index is 9.82. The first-order valence-corrected chi connectivity index (χ1v) is 6.13. The van der Waals surface area contributed by atoms with E-state index >= 15 is 0 Å². The Bertz CT molecular complexity index is 753. The van der Waals surface area contributed by atoms with E-state index < -0.39 is 0 Å².